The van der Waals surface area contributed by atoms with E-state index in [1.807, 2.05) is 30.3 Å². The van der Waals surface area contributed by atoms with Gasteiger partial charge in [-0.25, -0.2) is 23.5 Å². The highest BCUT2D eigenvalue weighted by Crippen LogP contribution is 2.52. The second-order valence-electron chi connectivity index (χ2n) is 9.82. The quantitative estimate of drug-likeness (QED) is 0.284. The Balaban J connectivity index is 1.49. The topological polar surface area (TPSA) is 103 Å². The first kappa shape index (κ1) is 23.6. The van der Waals surface area contributed by atoms with Crippen molar-refractivity contribution in [1.29, 1.82) is 0 Å². The lowest BCUT2D eigenvalue weighted by molar-refractivity contribution is -0.115. The van der Waals surface area contributed by atoms with Gasteiger partial charge in [-0.1, -0.05) is 60.7 Å². The van der Waals surface area contributed by atoms with Crippen molar-refractivity contribution in [3.05, 3.63) is 127 Å². The van der Waals surface area contributed by atoms with Crippen molar-refractivity contribution in [2.24, 2.45) is 0 Å². The van der Waals surface area contributed by atoms with Crippen molar-refractivity contribution in [2.45, 2.75) is 24.9 Å². The van der Waals surface area contributed by atoms with Crippen LogP contribution < -0.4 is 11.4 Å². The first-order valence-corrected chi connectivity index (χ1v) is 13.3. The molecule has 7 rings (SSSR count). The number of rotatable bonds is 2. The number of aromatic hydroxyl groups is 1. The minimum Gasteiger partial charge on any atom is -0.507 e. The highest BCUT2D eigenvalue weighted by Gasteiger charge is 2.45. The van der Waals surface area contributed by atoms with Crippen LogP contribution in [0.1, 0.15) is 23.9 Å². The average molecular weight is 582 g/mol. The fourth-order valence-corrected chi connectivity index (χ4v) is 6.58. The lowest BCUT2D eigenvalue weighted by atomic mass is 9.68. The van der Waals surface area contributed by atoms with Gasteiger partial charge in [-0.05, 0) is 39.0 Å². The van der Waals surface area contributed by atoms with Gasteiger partial charge in [0.25, 0.3) is 0 Å². The van der Waals surface area contributed by atoms with Crippen LogP contribution in [0.25, 0.3) is 16.5 Å². The van der Waals surface area contributed by atoms with Crippen LogP contribution in [0, 0.1) is 0 Å². The van der Waals surface area contributed by atoms with Crippen molar-refractivity contribution in [3.63, 3.8) is 0 Å². The number of hydrogen-bond acceptors (Lipinski definition) is 5. The Kier molecular flexibility index (Phi) is 5.15. The Labute approximate surface area is 229 Å². The molecule has 1 N–H and O–H groups in total. The number of hydrogen-bond donors (Lipinski definition) is 1. The van der Waals surface area contributed by atoms with Gasteiger partial charge in [-0.15, -0.1) is 0 Å². The third kappa shape index (κ3) is 3.29. The van der Waals surface area contributed by atoms with Crippen LogP contribution in [-0.2, 0) is 16.1 Å². The van der Waals surface area contributed by atoms with Crippen molar-refractivity contribution >= 4 is 38.3 Å². The molecular weight excluding hydrogens is 562 g/mol. The predicted octanol–water partition coefficient (Wildman–Crippen LogP) is 4.06. The Morgan fingerprint density at radius 2 is 1.62 bits per heavy atom. The van der Waals surface area contributed by atoms with Gasteiger partial charge in [0, 0.05) is 40.5 Å². The monoisotopic (exact) mass is 581 g/mol. The van der Waals surface area contributed by atoms with E-state index in [0.717, 1.165) is 9.95 Å². The lowest BCUT2D eigenvalue weighted by Crippen LogP contribution is -2.40. The minimum atomic E-state index is -0.771. The molecule has 192 valence electrons. The summed E-state index contributed by atoms with van der Waals surface area (Å²) < 4.78 is 4.02. The summed E-state index contributed by atoms with van der Waals surface area (Å²) in [6.45, 7) is 0.106. The number of phenolic OH excluding ortho intramolecular Hbond substituents is 1. The molecule has 0 spiro atoms. The van der Waals surface area contributed by atoms with E-state index in [4.69, 9.17) is 0 Å². The highest BCUT2D eigenvalue weighted by atomic mass is 79.9. The second-order valence-corrected chi connectivity index (χ2v) is 10.7. The number of nitrogens with zero attached hydrogens (tertiary/aromatic N) is 3. The maximum atomic E-state index is 13.8. The average Bonchev–Trinajstić information content (AvgIpc) is 3.21. The molecule has 2 heterocycles. The molecule has 0 saturated carbocycles. The SMILES string of the molecule is O=C1C=C(Br)C(=O)C2=C1C(c1ccc3ccccc3c1O)C1=CCn3c(=O)n(-c4ccccc4)c(=O)n3C1C2. The molecule has 3 aliphatic rings. The fourth-order valence-electron chi connectivity index (χ4n) is 6.14. The molecule has 2 aliphatic carbocycles. The molecular formula is C30H20BrN3O5. The van der Waals surface area contributed by atoms with Crippen LogP contribution in [0.4, 0.5) is 0 Å². The molecule has 0 bridgehead atoms. The van der Waals surface area contributed by atoms with Gasteiger partial charge in [0.05, 0.1) is 22.8 Å². The van der Waals surface area contributed by atoms with Crippen LogP contribution in [0.3, 0.4) is 0 Å². The molecule has 1 aromatic heterocycles. The third-order valence-electron chi connectivity index (χ3n) is 7.86. The Morgan fingerprint density at radius 3 is 2.41 bits per heavy atom. The molecule has 8 nitrogen and oxygen atoms in total. The molecule has 2 atom stereocenters. The number of Topliss-reactive ketones (excluding diaryl/α,β-unsaturated/α-hetero) is 1. The molecule has 0 saturated heterocycles. The van der Waals surface area contributed by atoms with Crippen LogP contribution in [0.15, 0.2) is 110 Å². The number of phenols is 1. The number of benzene rings is 3. The summed E-state index contributed by atoms with van der Waals surface area (Å²) in [4.78, 5) is 54.0. The first-order valence-electron chi connectivity index (χ1n) is 12.5. The normalized spacial score (nSPS) is 20.3. The number of allylic oxidation sites excluding steroid dienone is 6. The zero-order valence-electron chi connectivity index (χ0n) is 20.4. The predicted molar refractivity (Wildman–Crippen MR) is 148 cm³/mol. The first-order chi connectivity index (χ1) is 18.9. The zero-order chi connectivity index (χ0) is 27.0. The minimum absolute atomic E-state index is 0.0116. The van der Waals surface area contributed by atoms with Crippen LogP contribution >= 0.6 is 15.9 Å². The second kappa shape index (κ2) is 8.51. The van der Waals surface area contributed by atoms with E-state index in [0.29, 0.717) is 27.8 Å². The van der Waals surface area contributed by atoms with Crippen molar-refractivity contribution in [1.82, 2.24) is 13.9 Å². The smallest absolute Gasteiger partial charge is 0.352 e. The Hall–Kier alpha value is -4.50. The summed E-state index contributed by atoms with van der Waals surface area (Å²) in [7, 11) is 0. The van der Waals surface area contributed by atoms with Gasteiger partial charge in [0.15, 0.2) is 11.6 Å². The third-order valence-corrected chi connectivity index (χ3v) is 8.44. The number of fused-ring (bicyclic) bond motifs is 4. The number of carbonyl (C=O) groups excluding carboxylic acids is 2. The van der Waals surface area contributed by atoms with E-state index in [2.05, 4.69) is 15.9 Å². The number of halogens is 1. The maximum absolute atomic E-state index is 13.8. The van der Waals surface area contributed by atoms with Gasteiger partial charge >= 0.3 is 11.4 Å². The van der Waals surface area contributed by atoms with Crippen LogP contribution in [0.5, 0.6) is 5.75 Å². The van der Waals surface area contributed by atoms with Crippen molar-refractivity contribution < 1.29 is 14.7 Å². The summed E-state index contributed by atoms with van der Waals surface area (Å²) >= 11 is 3.22. The molecule has 1 aliphatic heterocycles. The van der Waals surface area contributed by atoms with E-state index in [1.54, 1.807) is 42.5 Å². The lowest BCUT2D eigenvalue weighted by Gasteiger charge is -2.39. The van der Waals surface area contributed by atoms with Crippen LogP contribution in [-0.4, -0.2) is 30.6 Å². The van der Waals surface area contributed by atoms with E-state index in [1.165, 1.54) is 15.4 Å². The molecule has 0 amide bonds. The standard InChI is InChI=1S/C30H20BrN3O5/c31-22-15-24(35)26-21(28(22)37)14-23-19(25(26)20-11-10-16-6-4-5-9-18(16)27(20)36)12-13-32-29(38)33(30(39)34(23)32)17-7-2-1-3-8-17/h1-12,15,23,25,36H,13-14H2. The van der Waals surface area contributed by atoms with Gasteiger partial charge < -0.3 is 5.11 Å². The zero-order valence-corrected chi connectivity index (χ0v) is 22.0. The largest absolute Gasteiger partial charge is 0.507 e. The fraction of sp³-hybridized carbons (Fsp3) is 0.133. The molecule has 2 unspecified atom stereocenters. The van der Waals surface area contributed by atoms with E-state index in [9.17, 15) is 24.3 Å². The molecule has 0 fully saturated rings. The van der Waals surface area contributed by atoms with Crippen LogP contribution in [0.2, 0.25) is 0 Å². The maximum Gasteiger partial charge on any atom is 0.352 e. The molecule has 3 aromatic carbocycles. The Bertz CT molecular complexity index is 1970. The Morgan fingerprint density at radius 1 is 0.872 bits per heavy atom. The van der Waals surface area contributed by atoms with Gasteiger partial charge in [0.2, 0.25) is 0 Å². The van der Waals surface area contributed by atoms with Gasteiger partial charge in [0.1, 0.15) is 5.75 Å². The van der Waals surface area contributed by atoms with E-state index in [-0.39, 0.29) is 40.3 Å². The molecule has 9 heteroatoms. The van der Waals surface area contributed by atoms with E-state index < -0.39 is 23.3 Å². The molecule has 39 heavy (non-hydrogen) atoms. The number of para-hydroxylation sites is 1. The summed E-state index contributed by atoms with van der Waals surface area (Å²) in [6.07, 6.45) is 3.18. The summed E-state index contributed by atoms with van der Waals surface area (Å²) in [5.74, 6) is -1.43. The summed E-state index contributed by atoms with van der Waals surface area (Å²) in [5, 5.41) is 12.9. The van der Waals surface area contributed by atoms with Crippen molar-refractivity contribution in [2.75, 3.05) is 0 Å². The molecule has 0 radical (unpaired) electrons. The number of carbonyl (C=O) groups is 2. The summed E-state index contributed by atoms with van der Waals surface area (Å²) in [6, 6.07) is 19.0. The van der Waals surface area contributed by atoms with Gasteiger partial charge in [-0.2, -0.15) is 0 Å². The highest BCUT2D eigenvalue weighted by molar-refractivity contribution is 9.12. The van der Waals surface area contributed by atoms with E-state index >= 15 is 0 Å². The molecule has 4 aromatic rings. The number of aromatic nitrogens is 3. The number of ketones is 2. The van der Waals surface area contributed by atoms with Crippen molar-refractivity contribution in [3.8, 4) is 11.4 Å². The summed E-state index contributed by atoms with van der Waals surface area (Å²) in [5.41, 5.74) is 1.15. The van der Waals surface area contributed by atoms with Gasteiger partial charge in [-0.3, -0.25) is 9.59 Å².